The first-order chi connectivity index (χ1) is 9.11. The van der Waals surface area contributed by atoms with Crippen molar-refractivity contribution in [3.05, 3.63) is 0 Å². The Kier molecular flexibility index (Phi) is 30.6. The predicted molar refractivity (Wildman–Crippen MR) is 69.6 cm³/mol. The second kappa shape index (κ2) is 23.7. The van der Waals surface area contributed by atoms with E-state index in [4.69, 9.17) is 5.73 Å². The van der Waals surface area contributed by atoms with Crippen LogP contribution in [0.2, 0.25) is 4.18 Å². The van der Waals surface area contributed by atoms with Crippen molar-refractivity contribution in [3.8, 4) is 0 Å². The third-order valence-corrected chi connectivity index (χ3v) is 2.90. The first-order valence-corrected chi connectivity index (χ1v) is 8.12. The van der Waals surface area contributed by atoms with Gasteiger partial charge in [0, 0.05) is 28.4 Å². The number of nitrogens with two attached hydrogens (primary N) is 1. The van der Waals surface area contributed by atoms with Crippen molar-refractivity contribution in [2.45, 2.75) is 23.2 Å². The molecule has 2 N–H and O–H groups in total. The van der Waals surface area contributed by atoms with Gasteiger partial charge in [0.05, 0.1) is 0 Å². The summed E-state index contributed by atoms with van der Waals surface area (Å²) in [7, 11) is 5.75. The Labute approximate surface area is 130 Å². The van der Waals surface area contributed by atoms with Crippen LogP contribution in [-0.4, -0.2) is 85.2 Å². The van der Waals surface area contributed by atoms with E-state index in [2.05, 4.69) is 18.9 Å². The molecular weight excluding hydrogens is 357 g/mol. The Hall–Kier alpha value is 0.590. The molecule has 0 aromatic heterocycles. The molecule has 19 heavy (non-hydrogen) atoms. The summed E-state index contributed by atoms with van der Waals surface area (Å²) in [5.74, 6) is 0. The van der Waals surface area contributed by atoms with Gasteiger partial charge in [-0.05, 0) is 0 Å². The minimum atomic E-state index is -0.569. The molecule has 0 aliphatic carbocycles. The van der Waals surface area contributed by atoms with Crippen molar-refractivity contribution in [2.24, 2.45) is 5.73 Å². The summed E-state index contributed by atoms with van der Waals surface area (Å²) in [5, 5.41) is 19.7. The number of ether oxygens (including phenoxy) is 4. The third kappa shape index (κ3) is 24.0. The molecule has 0 saturated carbocycles. The summed E-state index contributed by atoms with van der Waals surface area (Å²) >= 11 is 1.37. The van der Waals surface area contributed by atoms with Gasteiger partial charge in [-0.2, -0.15) is 0 Å². The molecule has 0 fully saturated rings. The average molecular weight is 383 g/mol. The van der Waals surface area contributed by atoms with Crippen LogP contribution in [0.1, 0.15) is 6.42 Å². The van der Waals surface area contributed by atoms with Crippen molar-refractivity contribution in [1.29, 1.82) is 0 Å². The Morgan fingerprint density at radius 2 is 1.21 bits per heavy atom. The fourth-order valence-electron chi connectivity index (χ4n) is 0.582. The molecule has 0 rings (SSSR count). The van der Waals surface area contributed by atoms with E-state index in [1.165, 1.54) is 63.4 Å². The molecule has 0 amide bonds. The zero-order valence-corrected chi connectivity index (χ0v) is 15.6. The van der Waals surface area contributed by atoms with Gasteiger partial charge in [-0.3, -0.25) is 0 Å². The molecule has 0 unspecified atom stereocenters. The molecule has 114 valence electrons. The molecule has 0 aromatic rings. The molecule has 0 bridgehead atoms. The minimum absolute atomic E-state index is 0.340. The normalized spacial score (nSPS) is 9.84. The van der Waals surface area contributed by atoms with E-state index in [0.717, 1.165) is 6.54 Å². The van der Waals surface area contributed by atoms with Gasteiger partial charge >= 0.3 is 47.3 Å². The quantitative estimate of drug-likeness (QED) is 0.476. The molecule has 0 heterocycles. The van der Waals surface area contributed by atoms with E-state index < -0.39 is 12.6 Å². The maximum atomic E-state index is 9.84. The Morgan fingerprint density at radius 3 is 1.21 bits per heavy atom. The molecule has 7 nitrogen and oxygen atoms in total. The van der Waals surface area contributed by atoms with Crippen LogP contribution in [0.3, 0.4) is 0 Å². The van der Waals surface area contributed by atoms with Crippen LogP contribution in [0.25, 0.3) is 0 Å². The number of hydrogen-bond donors (Lipinski definition) is 1. The predicted octanol–water partition coefficient (Wildman–Crippen LogP) is -2.15. The Morgan fingerprint density at radius 1 is 0.895 bits per heavy atom. The second-order valence-corrected chi connectivity index (χ2v) is 4.71. The van der Waals surface area contributed by atoms with Crippen LogP contribution in [0.15, 0.2) is 0 Å². The summed E-state index contributed by atoms with van der Waals surface area (Å²) in [6.45, 7) is 0.196. The molecule has 0 spiro atoms. The summed E-state index contributed by atoms with van der Waals surface area (Å²) < 4.78 is 19.4. The zero-order valence-electron chi connectivity index (χ0n) is 12.3. The fraction of sp³-hybridized carbons (Fsp3) is 1.00. The summed E-state index contributed by atoms with van der Waals surface area (Å²) in [5.41, 5.74) is 5.16. The van der Waals surface area contributed by atoms with Gasteiger partial charge in [0.25, 0.3) is 0 Å². The maximum absolute atomic E-state index is 9.84. The van der Waals surface area contributed by atoms with Crippen molar-refractivity contribution < 1.29 is 29.2 Å². The van der Waals surface area contributed by atoms with Crippen LogP contribution < -0.4 is 15.9 Å². The van der Waals surface area contributed by atoms with Crippen LogP contribution in [-0.2, 0) is 18.9 Å². The number of hydrogen-bond acceptors (Lipinski definition) is 7. The van der Waals surface area contributed by atoms with Crippen molar-refractivity contribution in [1.82, 2.24) is 0 Å². The topological polar surface area (TPSA) is 109 Å². The van der Waals surface area contributed by atoms with Crippen molar-refractivity contribution >= 4 is 24.4 Å². The van der Waals surface area contributed by atoms with Crippen LogP contribution >= 0.6 is 0 Å². The molecule has 0 saturated heterocycles. The van der Waals surface area contributed by atoms with Gasteiger partial charge in [-0.25, -0.2) is 0 Å². The molecule has 0 aromatic carbocycles. The van der Waals surface area contributed by atoms with Crippen LogP contribution in [0, 0.1) is 0 Å². The van der Waals surface area contributed by atoms with Crippen molar-refractivity contribution in [2.75, 3.05) is 48.2 Å². The standard InChI is InChI=1S/2C4H9O3.C3H8N.In/c2*1-6-4(3-5)7-2;1-2-3-4;/h2*4H,3H2,1-2H3;1-4H2;/q2*-1;;+2. The summed E-state index contributed by atoms with van der Waals surface area (Å²) in [6, 6.07) is 0. The van der Waals surface area contributed by atoms with Gasteiger partial charge in [-0.1, -0.05) is 13.2 Å². The van der Waals surface area contributed by atoms with E-state index in [9.17, 15) is 10.2 Å². The SMILES string of the molecule is COC(C[O-])OC.COC(C[O-])OC.NCC[CH2][In+2]. The molecule has 8 heteroatoms. The van der Waals surface area contributed by atoms with Gasteiger partial charge < -0.3 is 29.2 Å². The van der Waals surface area contributed by atoms with Crippen LogP contribution in [0.4, 0.5) is 0 Å². The summed E-state index contributed by atoms with van der Waals surface area (Å²) in [4.78, 5) is 0. The second-order valence-electron chi connectivity index (χ2n) is 3.07. The Bertz CT molecular complexity index is 111. The first-order valence-electron chi connectivity index (χ1n) is 5.79. The van der Waals surface area contributed by atoms with E-state index >= 15 is 0 Å². The fourth-order valence-corrected chi connectivity index (χ4v) is 1.26. The van der Waals surface area contributed by atoms with Gasteiger partial charge in [0.15, 0.2) is 0 Å². The first kappa shape index (κ1) is 24.6. The van der Waals surface area contributed by atoms with Gasteiger partial charge in [-0.15, -0.1) is 0 Å². The third-order valence-electron chi connectivity index (χ3n) is 1.73. The van der Waals surface area contributed by atoms with E-state index in [1.54, 1.807) is 0 Å². The zero-order chi connectivity index (χ0) is 15.5. The monoisotopic (exact) mass is 383 g/mol. The average Bonchev–Trinajstić information content (AvgIpc) is 2.45. The van der Waals surface area contributed by atoms with Gasteiger partial charge in [0.1, 0.15) is 12.6 Å². The number of rotatable bonds is 8. The Balaban J connectivity index is -0.000000206. The molecular formula is C11H26InNO6. The molecule has 0 aliphatic rings. The molecule has 0 aliphatic heterocycles. The van der Waals surface area contributed by atoms with E-state index in [1.807, 2.05) is 0 Å². The van der Waals surface area contributed by atoms with Crippen molar-refractivity contribution in [3.63, 3.8) is 0 Å². The van der Waals surface area contributed by atoms with E-state index in [0.29, 0.717) is 0 Å². The van der Waals surface area contributed by atoms with Gasteiger partial charge in [0.2, 0.25) is 0 Å². The molecule has 0 radical (unpaired) electrons. The van der Waals surface area contributed by atoms with E-state index in [-0.39, 0.29) is 13.2 Å². The molecule has 0 atom stereocenters. The number of methoxy groups -OCH3 is 4. The van der Waals surface area contributed by atoms with Crippen LogP contribution in [0.5, 0.6) is 0 Å². The summed E-state index contributed by atoms with van der Waals surface area (Å²) in [6.07, 6.45) is 0.0856.